The molecular weight excluding hydrogens is 372 g/mol. The zero-order valence-corrected chi connectivity index (χ0v) is 15.6. The van der Waals surface area contributed by atoms with Gasteiger partial charge in [0.2, 0.25) is 0 Å². The van der Waals surface area contributed by atoms with E-state index in [1.165, 1.54) is 18.7 Å². The first-order valence-electron chi connectivity index (χ1n) is 9.27. The second-order valence-corrected chi connectivity index (χ2v) is 6.78. The Morgan fingerprint density at radius 1 is 1.17 bits per heavy atom. The number of nitrogens with one attached hydrogen (secondary N) is 1. The van der Waals surface area contributed by atoms with Crippen molar-refractivity contribution in [3.8, 4) is 5.75 Å². The number of aromatic nitrogens is 2. The number of ether oxygens (including phenoxy) is 1. The molecule has 0 saturated carbocycles. The molecule has 0 aliphatic carbocycles. The van der Waals surface area contributed by atoms with Gasteiger partial charge in [0.25, 0.3) is 11.8 Å². The number of nitrogens with zero attached hydrogens (tertiary/aromatic N) is 3. The van der Waals surface area contributed by atoms with Crippen LogP contribution in [-0.4, -0.2) is 64.1 Å². The number of benzene rings is 2. The van der Waals surface area contributed by atoms with Crippen molar-refractivity contribution in [3.05, 3.63) is 66.2 Å². The van der Waals surface area contributed by atoms with E-state index >= 15 is 0 Å². The van der Waals surface area contributed by atoms with Crippen LogP contribution in [0.1, 0.15) is 20.7 Å². The van der Waals surface area contributed by atoms with Crippen LogP contribution < -0.4 is 5.32 Å². The van der Waals surface area contributed by atoms with Crippen molar-refractivity contribution < 1.29 is 19.4 Å². The van der Waals surface area contributed by atoms with Crippen LogP contribution in [0.4, 0.5) is 0 Å². The lowest BCUT2D eigenvalue weighted by Gasteiger charge is -2.36. The number of hydrogen-bond donors (Lipinski definition) is 2. The van der Waals surface area contributed by atoms with Gasteiger partial charge < -0.3 is 20.1 Å². The lowest BCUT2D eigenvalue weighted by Crippen LogP contribution is -2.53. The van der Waals surface area contributed by atoms with Crippen LogP contribution in [0, 0.1) is 0 Å². The molecule has 29 heavy (non-hydrogen) atoms. The quantitative estimate of drug-likeness (QED) is 0.699. The minimum Gasteiger partial charge on any atom is -0.507 e. The Balaban J connectivity index is 1.52. The molecular formula is C21H20N4O4. The van der Waals surface area contributed by atoms with Crippen LogP contribution in [0.2, 0.25) is 0 Å². The minimum atomic E-state index is -0.351. The molecule has 1 fully saturated rings. The van der Waals surface area contributed by atoms with Crippen LogP contribution in [0.15, 0.2) is 55.1 Å². The summed E-state index contributed by atoms with van der Waals surface area (Å²) >= 11 is 0. The second kappa shape index (κ2) is 8.24. The minimum absolute atomic E-state index is 0.0654. The maximum atomic E-state index is 13.2. The zero-order chi connectivity index (χ0) is 20.2. The number of carbonyl (C=O) groups is 2. The fraction of sp³-hybridized carbons (Fsp3) is 0.238. The third kappa shape index (κ3) is 4.02. The Bertz CT molecular complexity index is 1040. The van der Waals surface area contributed by atoms with E-state index in [4.69, 9.17) is 4.74 Å². The molecule has 4 rings (SSSR count). The second-order valence-electron chi connectivity index (χ2n) is 6.78. The van der Waals surface area contributed by atoms with Gasteiger partial charge in [-0.3, -0.25) is 9.59 Å². The van der Waals surface area contributed by atoms with Gasteiger partial charge in [-0.2, -0.15) is 0 Å². The van der Waals surface area contributed by atoms with Gasteiger partial charge in [0.15, 0.2) is 0 Å². The highest BCUT2D eigenvalue weighted by Gasteiger charge is 2.30. The molecule has 1 saturated heterocycles. The van der Waals surface area contributed by atoms with Crippen LogP contribution in [0.3, 0.4) is 0 Å². The van der Waals surface area contributed by atoms with Crippen LogP contribution >= 0.6 is 0 Å². The third-order valence-electron chi connectivity index (χ3n) is 4.90. The third-order valence-corrected chi connectivity index (χ3v) is 4.90. The molecule has 8 nitrogen and oxygen atoms in total. The largest absolute Gasteiger partial charge is 0.507 e. The smallest absolute Gasteiger partial charge is 0.258 e. The summed E-state index contributed by atoms with van der Waals surface area (Å²) < 4.78 is 5.50. The zero-order valence-electron chi connectivity index (χ0n) is 15.6. The van der Waals surface area contributed by atoms with E-state index < -0.39 is 0 Å². The van der Waals surface area contributed by atoms with Gasteiger partial charge in [0.1, 0.15) is 12.1 Å². The van der Waals surface area contributed by atoms with Gasteiger partial charge in [-0.15, -0.1) is 0 Å². The molecule has 0 bridgehead atoms. The predicted octanol–water partition coefficient (Wildman–Crippen LogP) is 1.61. The number of carbonyl (C=O) groups excluding carboxylic acids is 2. The van der Waals surface area contributed by atoms with Crippen molar-refractivity contribution in [1.82, 2.24) is 20.2 Å². The highest BCUT2D eigenvalue weighted by molar-refractivity contribution is 6.01. The molecule has 1 unspecified atom stereocenters. The molecule has 1 aromatic heterocycles. The number of rotatable bonds is 4. The first kappa shape index (κ1) is 18.8. The number of hydrogen-bond acceptors (Lipinski definition) is 6. The van der Waals surface area contributed by atoms with E-state index in [0.29, 0.717) is 25.3 Å². The number of phenolic OH excluding ortho intramolecular Hbond substituents is 1. The Labute approximate surface area is 167 Å². The molecule has 3 aromatic rings. The summed E-state index contributed by atoms with van der Waals surface area (Å²) in [5.74, 6) is -0.680. The molecule has 148 valence electrons. The first-order chi connectivity index (χ1) is 14.1. The summed E-state index contributed by atoms with van der Waals surface area (Å²) in [5, 5.41) is 14.9. The lowest BCUT2D eigenvalue weighted by molar-refractivity contribution is -0.00143. The molecule has 2 aromatic carbocycles. The van der Waals surface area contributed by atoms with Crippen molar-refractivity contribution in [2.24, 2.45) is 0 Å². The predicted molar refractivity (Wildman–Crippen MR) is 106 cm³/mol. The van der Waals surface area contributed by atoms with Crippen molar-refractivity contribution in [2.75, 3.05) is 26.3 Å². The van der Waals surface area contributed by atoms with Crippen LogP contribution in [-0.2, 0) is 4.74 Å². The van der Waals surface area contributed by atoms with E-state index in [9.17, 15) is 14.7 Å². The van der Waals surface area contributed by atoms with E-state index in [-0.39, 0.29) is 35.7 Å². The average molecular weight is 392 g/mol. The van der Waals surface area contributed by atoms with Gasteiger partial charge in [-0.05, 0) is 22.9 Å². The maximum absolute atomic E-state index is 13.2. The van der Waals surface area contributed by atoms with E-state index in [1.54, 1.807) is 17.0 Å². The van der Waals surface area contributed by atoms with Gasteiger partial charge in [-0.1, -0.05) is 24.3 Å². The number of aromatic hydroxyl groups is 1. The topological polar surface area (TPSA) is 105 Å². The Morgan fingerprint density at radius 2 is 1.90 bits per heavy atom. The number of fused-ring (bicyclic) bond motifs is 1. The summed E-state index contributed by atoms with van der Waals surface area (Å²) in [7, 11) is 0. The van der Waals surface area contributed by atoms with Crippen LogP contribution in [0.25, 0.3) is 10.8 Å². The van der Waals surface area contributed by atoms with Crippen molar-refractivity contribution in [2.45, 2.75) is 6.04 Å². The van der Waals surface area contributed by atoms with Gasteiger partial charge in [0.05, 0.1) is 30.4 Å². The first-order valence-corrected chi connectivity index (χ1v) is 9.27. The Hall–Kier alpha value is -3.52. The summed E-state index contributed by atoms with van der Waals surface area (Å²) in [5.41, 5.74) is 0.577. The van der Waals surface area contributed by atoms with Crippen LogP contribution in [0.5, 0.6) is 5.75 Å². The molecule has 2 heterocycles. The molecule has 2 amide bonds. The molecule has 0 radical (unpaired) electrons. The van der Waals surface area contributed by atoms with Gasteiger partial charge >= 0.3 is 0 Å². The lowest BCUT2D eigenvalue weighted by atomic mass is 10.0. The summed E-state index contributed by atoms with van der Waals surface area (Å²) in [6, 6.07) is 10.5. The summed E-state index contributed by atoms with van der Waals surface area (Å²) in [4.78, 5) is 34.7. The molecule has 0 spiro atoms. The normalized spacial score (nSPS) is 16.6. The average Bonchev–Trinajstić information content (AvgIpc) is 2.77. The molecule has 2 N–H and O–H groups in total. The maximum Gasteiger partial charge on any atom is 0.258 e. The fourth-order valence-electron chi connectivity index (χ4n) is 3.37. The van der Waals surface area contributed by atoms with Crippen molar-refractivity contribution in [3.63, 3.8) is 0 Å². The van der Waals surface area contributed by atoms with Crippen molar-refractivity contribution >= 4 is 22.6 Å². The van der Waals surface area contributed by atoms with Gasteiger partial charge in [0, 0.05) is 25.5 Å². The Morgan fingerprint density at radius 3 is 2.66 bits per heavy atom. The van der Waals surface area contributed by atoms with Gasteiger partial charge in [-0.25, -0.2) is 9.97 Å². The van der Waals surface area contributed by atoms with E-state index in [2.05, 4.69) is 15.3 Å². The number of phenols is 1. The van der Waals surface area contributed by atoms with Crippen molar-refractivity contribution in [1.29, 1.82) is 0 Å². The molecule has 1 atom stereocenters. The molecule has 1 aliphatic rings. The Kier molecular flexibility index (Phi) is 5.35. The number of morpholine rings is 1. The number of amides is 2. The highest BCUT2D eigenvalue weighted by atomic mass is 16.5. The monoisotopic (exact) mass is 392 g/mol. The summed E-state index contributed by atoms with van der Waals surface area (Å²) in [6.07, 6.45) is 4.20. The fourth-order valence-corrected chi connectivity index (χ4v) is 3.37. The standard InChI is InChI=1S/C21H20N4O4/c26-19-8-15-4-2-1-3-14(15)7-18(19)21(28)25-5-6-29-12-17(25)11-24-20(27)16-9-22-13-23-10-16/h1-4,7-10,13,17,26H,5-6,11-12H2,(H,24,27). The van der Waals surface area contributed by atoms with E-state index in [1.807, 2.05) is 24.3 Å². The summed E-state index contributed by atoms with van der Waals surface area (Å²) in [6.45, 7) is 1.29. The van der Waals surface area contributed by atoms with E-state index in [0.717, 1.165) is 10.8 Å². The highest BCUT2D eigenvalue weighted by Crippen LogP contribution is 2.27. The SMILES string of the molecule is O=C(NCC1COCCN1C(=O)c1cc2ccccc2cc1O)c1cncnc1. The molecule has 8 heteroatoms. The molecule has 1 aliphatic heterocycles.